The molecule has 0 fully saturated rings. The number of nitrogens with zero attached hydrogens (tertiary/aromatic N) is 3. The summed E-state index contributed by atoms with van der Waals surface area (Å²) in [5, 5.41) is 29.9. The number of hydrogen-bond acceptors (Lipinski definition) is 7. The van der Waals surface area contributed by atoms with Crippen molar-refractivity contribution in [2.24, 2.45) is 21.7 Å². The first-order valence-electron chi connectivity index (χ1n) is 23.0. The highest BCUT2D eigenvalue weighted by Gasteiger charge is 2.28. The minimum absolute atomic E-state index is 0.00628. The number of rotatable bonds is 7. The van der Waals surface area contributed by atoms with Crippen LogP contribution in [0.15, 0.2) is 70.9 Å². The smallest absolute Gasteiger partial charge is 0.292 e. The predicted molar refractivity (Wildman–Crippen MR) is 276 cm³/mol. The third-order valence-corrected chi connectivity index (χ3v) is 11.7. The van der Waals surface area contributed by atoms with Gasteiger partial charge in [0.1, 0.15) is 0 Å². The number of aromatic nitrogens is 2. The Kier molecular flexibility index (Phi) is 22.2. The summed E-state index contributed by atoms with van der Waals surface area (Å²) in [6.45, 7) is 52.9. The summed E-state index contributed by atoms with van der Waals surface area (Å²) in [6, 6.07) is 19.0. The monoisotopic (exact) mass is 905 g/mol. The van der Waals surface area contributed by atoms with E-state index in [0.717, 1.165) is 23.1 Å². The number of aliphatic hydroxyl groups excluding tert-OH is 1. The average molecular weight is 905 g/mol. The van der Waals surface area contributed by atoms with Crippen LogP contribution < -0.4 is 5.09 Å². The van der Waals surface area contributed by atoms with E-state index in [-0.39, 0.29) is 49.5 Å². The predicted octanol–water partition coefficient (Wildman–Crippen LogP) is 16.3. The molecule has 0 bridgehead atoms. The fourth-order valence-electron chi connectivity index (χ4n) is 5.68. The van der Waals surface area contributed by atoms with Crippen LogP contribution in [0.5, 0.6) is 0 Å². The Hall–Kier alpha value is -3.34. The lowest BCUT2D eigenvalue weighted by molar-refractivity contribution is 0.0284. The Balaban J connectivity index is 0.000000842. The molecule has 0 spiro atoms. The van der Waals surface area contributed by atoms with E-state index in [4.69, 9.17) is 14.2 Å². The molecular weight excluding hydrogens is 812 g/mol. The summed E-state index contributed by atoms with van der Waals surface area (Å²) in [4.78, 5) is 0. The van der Waals surface area contributed by atoms with Gasteiger partial charge in [-0.2, -0.15) is 5.26 Å². The Morgan fingerprint density at radius 2 is 1.19 bits per heavy atom. The van der Waals surface area contributed by atoms with Gasteiger partial charge in [0.15, 0.2) is 0 Å². The molecule has 0 saturated heterocycles. The lowest BCUT2D eigenvalue weighted by atomic mass is 9.79. The summed E-state index contributed by atoms with van der Waals surface area (Å²) < 4.78 is 23.6. The lowest BCUT2D eigenvalue weighted by Crippen LogP contribution is -2.33. The molecule has 0 aliphatic carbocycles. The molecule has 2 atom stereocenters. The molecule has 362 valence electrons. The molecular formula is C55H93N4O4P. The molecule has 64 heavy (non-hydrogen) atoms. The number of aliphatic hydroxyl groups is 1. The first kappa shape index (κ1) is 60.7. The van der Waals surface area contributed by atoms with E-state index in [1.807, 2.05) is 45.9 Å². The second kappa shape index (κ2) is 23.4. The summed E-state index contributed by atoms with van der Waals surface area (Å²) >= 11 is 0. The van der Waals surface area contributed by atoms with E-state index < -0.39 is 7.52 Å². The third kappa shape index (κ3) is 24.8. The fourth-order valence-corrected chi connectivity index (χ4v) is 7.87. The van der Waals surface area contributed by atoms with Crippen molar-refractivity contribution < 1.29 is 18.6 Å². The largest absolute Gasteiger partial charge is 0.420 e. The Morgan fingerprint density at radius 1 is 0.734 bits per heavy atom. The van der Waals surface area contributed by atoms with Gasteiger partial charge in [-0.05, 0) is 101 Å². The first-order chi connectivity index (χ1) is 28.4. The van der Waals surface area contributed by atoms with Crippen LogP contribution in [-0.4, -0.2) is 33.6 Å². The number of nitriles is 1. The van der Waals surface area contributed by atoms with Crippen LogP contribution in [0.25, 0.3) is 17.0 Å². The van der Waals surface area contributed by atoms with Gasteiger partial charge in [-0.3, -0.25) is 4.57 Å². The van der Waals surface area contributed by atoms with Crippen LogP contribution in [-0.2, 0) is 25.3 Å². The second-order valence-electron chi connectivity index (χ2n) is 25.5. The zero-order chi connectivity index (χ0) is 50.6. The van der Waals surface area contributed by atoms with Crippen molar-refractivity contribution in [1.29, 1.82) is 5.26 Å². The van der Waals surface area contributed by atoms with Crippen molar-refractivity contribution in [3.05, 3.63) is 89.1 Å². The third-order valence-electron chi connectivity index (χ3n) is 9.53. The normalized spacial score (nSPS) is 14.8. The van der Waals surface area contributed by atoms with E-state index in [1.54, 1.807) is 11.9 Å². The Morgan fingerprint density at radius 3 is 1.48 bits per heavy atom. The van der Waals surface area contributed by atoms with Crippen LogP contribution >= 0.6 is 7.52 Å². The lowest BCUT2D eigenvalue weighted by Gasteiger charge is -2.31. The highest BCUT2D eigenvalue weighted by atomic mass is 31.2. The number of hydrogen-bond donors (Lipinski definition) is 2. The summed E-state index contributed by atoms with van der Waals surface area (Å²) in [6.07, 6.45) is 4.27. The molecule has 9 heteroatoms. The van der Waals surface area contributed by atoms with Gasteiger partial charge >= 0.3 is 0 Å². The summed E-state index contributed by atoms with van der Waals surface area (Å²) in [5.41, 5.74) is 6.03. The van der Waals surface area contributed by atoms with Crippen LogP contribution in [0.3, 0.4) is 0 Å². The summed E-state index contributed by atoms with van der Waals surface area (Å²) in [7, 11) is -2.87. The van der Waals surface area contributed by atoms with Crippen LogP contribution in [0.4, 0.5) is 0 Å². The minimum Gasteiger partial charge on any atom is -0.420 e. The van der Waals surface area contributed by atoms with E-state index >= 15 is 0 Å². The number of nitrogens with one attached hydrogen (secondary N) is 1. The Labute approximate surface area is 393 Å². The van der Waals surface area contributed by atoms with Crippen molar-refractivity contribution in [3.63, 3.8) is 0 Å². The molecule has 0 aliphatic rings. The van der Waals surface area contributed by atoms with Gasteiger partial charge in [-0.15, -0.1) is 10.2 Å². The van der Waals surface area contributed by atoms with Gasteiger partial charge in [0.2, 0.25) is 11.8 Å². The van der Waals surface area contributed by atoms with Crippen molar-refractivity contribution in [3.8, 4) is 17.5 Å². The standard InChI is InChI=1S/C17H23N.C16H22N2O.C12H26NO2P.C10H22O/c1-16(2,3)14-9-7-13(8-10-14)15(11-12-18)17(4,5)6;1-15(2,3)12-9-7-11(8-10-12)13-17-18-14(19-13)16(4,5)6;1-8-15-16(14,13-12(5,6)7)10-9-11(2,3)4;1-9(2,3)7-8(11)10(4,5)6/h7-11H,1-6H3;7-10H,1-6H3;9-10H,8H2,1-7H3,(H,13,14);8,11H,7H2,1-6H3/b15-11+;;10-9-;. The molecule has 2 aromatic carbocycles. The molecule has 0 amide bonds. The average Bonchev–Trinajstić information content (AvgIpc) is 3.59. The van der Waals surface area contributed by atoms with E-state index in [0.29, 0.717) is 18.4 Å². The maximum atomic E-state index is 12.5. The first-order valence-corrected chi connectivity index (χ1v) is 24.7. The van der Waals surface area contributed by atoms with Crippen molar-refractivity contribution in [2.75, 3.05) is 6.61 Å². The topological polar surface area (TPSA) is 121 Å². The van der Waals surface area contributed by atoms with Crippen molar-refractivity contribution >= 4 is 13.1 Å². The molecule has 2 N–H and O–H groups in total. The van der Waals surface area contributed by atoms with E-state index in [2.05, 4.69) is 203 Å². The zero-order valence-electron chi connectivity index (χ0n) is 45.3. The van der Waals surface area contributed by atoms with Gasteiger partial charge in [0.05, 0.1) is 18.8 Å². The van der Waals surface area contributed by atoms with Crippen molar-refractivity contribution in [2.45, 2.75) is 207 Å². The van der Waals surface area contributed by atoms with Gasteiger partial charge in [-0.1, -0.05) is 188 Å². The molecule has 1 heterocycles. The summed E-state index contributed by atoms with van der Waals surface area (Å²) in [5.74, 6) is 2.94. The maximum absolute atomic E-state index is 12.5. The van der Waals surface area contributed by atoms with Gasteiger partial charge < -0.3 is 14.0 Å². The molecule has 1 aromatic heterocycles. The molecule has 8 nitrogen and oxygen atoms in total. The Bertz CT molecular complexity index is 1980. The second-order valence-corrected chi connectivity index (χ2v) is 27.4. The molecule has 0 aliphatic heterocycles. The zero-order valence-corrected chi connectivity index (χ0v) is 46.2. The van der Waals surface area contributed by atoms with E-state index in [1.165, 1.54) is 11.1 Å². The SMILES string of the molecule is CC(C)(C)/C(=C/C#N)c1ccc(C(C)(C)C)cc1.CC(C)(C)CC(O)C(C)(C)C.CC(C)(C)c1ccc(-c2nnc(C(C)(C)C)o2)cc1.CCOP(=O)(/C=C\C(C)(C)C)NC(C)(C)C. The highest BCUT2D eigenvalue weighted by molar-refractivity contribution is 7.60. The molecule has 3 aromatic rings. The molecule has 3 rings (SSSR count). The van der Waals surface area contributed by atoms with Crippen LogP contribution in [0.1, 0.15) is 202 Å². The molecule has 0 radical (unpaired) electrons. The minimum atomic E-state index is -2.87. The van der Waals surface area contributed by atoms with Crippen molar-refractivity contribution in [1.82, 2.24) is 15.3 Å². The number of benzene rings is 2. The molecule has 0 saturated carbocycles. The van der Waals surface area contributed by atoms with Gasteiger partial charge in [-0.25, -0.2) is 5.09 Å². The van der Waals surface area contributed by atoms with E-state index in [9.17, 15) is 9.67 Å². The maximum Gasteiger partial charge on any atom is 0.292 e. The van der Waals surface area contributed by atoms with Gasteiger partial charge in [0, 0.05) is 28.4 Å². The van der Waals surface area contributed by atoms with Gasteiger partial charge in [0.25, 0.3) is 7.52 Å². The quantitative estimate of drug-likeness (QED) is 0.178. The number of allylic oxidation sites excluding steroid dienone is 3. The van der Waals surface area contributed by atoms with Crippen LogP contribution in [0.2, 0.25) is 0 Å². The van der Waals surface area contributed by atoms with Crippen LogP contribution in [0, 0.1) is 33.0 Å². The molecule has 2 unspecified atom stereocenters. The fraction of sp³-hybridized carbons (Fsp3) is 0.655. The highest BCUT2D eigenvalue weighted by Crippen LogP contribution is 2.47.